The molecule has 2 N–H and O–H groups in total. The van der Waals surface area contributed by atoms with E-state index in [-0.39, 0.29) is 0 Å². The summed E-state index contributed by atoms with van der Waals surface area (Å²) in [6, 6.07) is 2.13. The van der Waals surface area contributed by atoms with Crippen molar-refractivity contribution in [2.45, 2.75) is 13.1 Å². The lowest BCUT2D eigenvalue weighted by molar-refractivity contribution is 0.0341. The van der Waals surface area contributed by atoms with Crippen LogP contribution in [0.15, 0.2) is 18.5 Å². The Morgan fingerprint density at radius 1 is 1.27 bits per heavy atom. The fraction of sp³-hybridized carbons (Fsp3) is 0.545. The van der Waals surface area contributed by atoms with Crippen LogP contribution in [-0.2, 0) is 17.8 Å². The second-order valence-electron chi connectivity index (χ2n) is 3.79. The standard InChI is InChI=1S/C11H17N3O/c12-6-10-5-11(8-13-7-10)9-14-1-3-15-4-2-14/h5,7-8H,1-4,6,9,12H2. The minimum Gasteiger partial charge on any atom is -0.379 e. The monoisotopic (exact) mass is 207 g/mol. The first kappa shape index (κ1) is 10.5. The highest BCUT2D eigenvalue weighted by Crippen LogP contribution is 2.07. The lowest BCUT2D eigenvalue weighted by atomic mass is 10.2. The molecule has 1 aliphatic heterocycles. The van der Waals surface area contributed by atoms with Crippen LogP contribution >= 0.6 is 0 Å². The molecule has 2 heterocycles. The Kier molecular flexibility index (Phi) is 3.66. The fourth-order valence-corrected chi connectivity index (χ4v) is 1.76. The van der Waals surface area contributed by atoms with Crippen LogP contribution < -0.4 is 5.73 Å². The molecule has 0 bridgehead atoms. The summed E-state index contributed by atoms with van der Waals surface area (Å²) in [6.45, 7) is 5.20. The normalized spacial score (nSPS) is 17.9. The Morgan fingerprint density at radius 3 is 2.73 bits per heavy atom. The van der Waals surface area contributed by atoms with Gasteiger partial charge < -0.3 is 10.5 Å². The second kappa shape index (κ2) is 5.21. The van der Waals surface area contributed by atoms with Crippen molar-refractivity contribution >= 4 is 0 Å². The van der Waals surface area contributed by atoms with Crippen molar-refractivity contribution in [3.05, 3.63) is 29.6 Å². The van der Waals surface area contributed by atoms with Crippen LogP contribution in [0.4, 0.5) is 0 Å². The van der Waals surface area contributed by atoms with E-state index < -0.39 is 0 Å². The van der Waals surface area contributed by atoms with Gasteiger partial charge in [0.1, 0.15) is 0 Å². The summed E-state index contributed by atoms with van der Waals surface area (Å²) < 4.78 is 5.31. The number of nitrogens with zero attached hydrogens (tertiary/aromatic N) is 2. The maximum atomic E-state index is 5.58. The van der Waals surface area contributed by atoms with E-state index in [0.29, 0.717) is 6.54 Å². The van der Waals surface area contributed by atoms with Crippen LogP contribution in [0.3, 0.4) is 0 Å². The molecule has 0 aliphatic carbocycles. The average Bonchev–Trinajstić information content (AvgIpc) is 2.31. The van der Waals surface area contributed by atoms with Crippen LogP contribution in [0.1, 0.15) is 11.1 Å². The summed E-state index contributed by atoms with van der Waals surface area (Å²) in [6.07, 6.45) is 3.73. The van der Waals surface area contributed by atoms with Crippen LogP contribution in [0.5, 0.6) is 0 Å². The molecule has 0 amide bonds. The summed E-state index contributed by atoms with van der Waals surface area (Å²) in [5.41, 5.74) is 7.91. The van der Waals surface area contributed by atoms with Gasteiger partial charge in [-0.2, -0.15) is 0 Å². The Morgan fingerprint density at radius 2 is 2.00 bits per heavy atom. The van der Waals surface area contributed by atoms with Gasteiger partial charge in [0.2, 0.25) is 0 Å². The van der Waals surface area contributed by atoms with E-state index in [9.17, 15) is 0 Å². The number of hydrogen-bond acceptors (Lipinski definition) is 4. The number of ether oxygens (including phenoxy) is 1. The summed E-state index contributed by atoms with van der Waals surface area (Å²) in [4.78, 5) is 6.56. The molecule has 1 aromatic heterocycles. The van der Waals surface area contributed by atoms with E-state index in [0.717, 1.165) is 38.4 Å². The fourth-order valence-electron chi connectivity index (χ4n) is 1.76. The van der Waals surface area contributed by atoms with Crippen molar-refractivity contribution in [1.82, 2.24) is 9.88 Å². The first-order valence-electron chi connectivity index (χ1n) is 5.31. The topological polar surface area (TPSA) is 51.4 Å². The van der Waals surface area contributed by atoms with Gasteiger partial charge in [-0.05, 0) is 11.1 Å². The predicted octanol–water partition coefficient (Wildman–Crippen LogP) is 0.372. The zero-order chi connectivity index (χ0) is 10.5. The van der Waals surface area contributed by atoms with Gasteiger partial charge in [0.05, 0.1) is 13.2 Å². The Hall–Kier alpha value is -0.970. The van der Waals surface area contributed by atoms with Crippen molar-refractivity contribution < 1.29 is 4.74 Å². The molecule has 1 aliphatic rings. The largest absolute Gasteiger partial charge is 0.379 e. The van der Waals surface area contributed by atoms with E-state index in [1.807, 2.05) is 12.4 Å². The number of pyridine rings is 1. The maximum Gasteiger partial charge on any atom is 0.0594 e. The minimum atomic E-state index is 0.559. The molecular weight excluding hydrogens is 190 g/mol. The molecule has 4 nitrogen and oxygen atoms in total. The molecule has 1 fully saturated rings. The SMILES string of the molecule is NCc1cncc(CN2CCOCC2)c1. The molecule has 0 radical (unpaired) electrons. The maximum absolute atomic E-state index is 5.58. The number of nitrogens with two attached hydrogens (primary N) is 1. The van der Waals surface area contributed by atoms with Gasteiger partial charge in [0, 0.05) is 38.6 Å². The third-order valence-corrected chi connectivity index (χ3v) is 2.60. The molecule has 4 heteroatoms. The van der Waals surface area contributed by atoms with Crippen molar-refractivity contribution in [1.29, 1.82) is 0 Å². The zero-order valence-corrected chi connectivity index (χ0v) is 8.85. The Labute approximate surface area is 90.0 Å². The highest BCUT2D eigenvalue weighted by Gasteiger charge is 2.10. The van der Waals surface area contributed by atoms with E-state index in [1.165, 1.54) is 5.56 Å². The summed E-state index contributed by atoms with van der Waals surface area (Å²) >= 11 is 0. The third kappa shape index (κ3) is 2.99. The highest BCUT2D eigenvalue weighted by atomic mass is 16.5. The summed E-state index contributed by atoms with van der Waals surface area (Å²) in [5.74, 6) is 0. The minimum absolute atomic E-state index is 0.559. The van der Waals surface area contributed by atoms with E-state index >= 15 is 0 Å². The summed E-state index contributed by atoms with van der Waals surface area (Å²) in [7, 11) is 0. The van der Waals surface area contributed by atoms with Gasteiger partial charge in [-0.25, -0.2) is 0 Å². The van der Waals surface area contributed by atoms with Gasteiger partial charge in [-0.15, -0.1) is 0 Å². The number of rotatable bonds is 3. The van der Waals surface area contributed by atoms with Crippen LogP contribution in [0.25, 0.3) is 0 Å². The summed E-state index contributed by atoms with van der Waals surface area (Å²) in [5, 5.41) is 0. The van der Waals surface area contributed by atoms with Crippen molar-refractivity contribution in [3.8, 4) is 0 Å². The zero-order valence-electron chi connectivity index (χ0n) is 8.85. The van der Waals surface area contributed by atoms with Gasteiger partial charge in [-0.1, -0.05) is 6.07 Å². The Bertz CT molecular complexity index is 310. The van der Waals surface area contributed by atoms with Crippen LogP contribution in [0.2, 0.25) is 0 Å². The first-order valence-corrected chi connectivity index (χ1v) is 5.31. The number of hydrogen-bond donors (Lipinski definition) is 1. The van der Waals surface area contributed by atoms with Crippen molar-refractivity contribution in [2.75, 3.05) is 26.3 Å². The molecule has 82 valence electrons. The number of aromatic nitrogens is 1. The quantitative estimate of drug-likeness (QED) is 0.778. The van der Waals surface area contributed by atoms with Gasteiger partial charge in [0.15, 0.2) is 0 Å². The first-order chi connectivity index (χ1) is 7.38. The predicted molar refractivity (Wildman–Crippen MR) is 58.2 cm³/mol. The van der Waals surface area contributed by atoms with Gasteiger partial charge in [-0.3, -0.25) is 9.88 Å². The molecule has 0 aromatic carbocycles. The molecule has 15 heavy (non-hydrogen) atoms. The Balaban J connectivity index is 1.96. The molecule has 1 aromatic rings. The second-order valence-corrected chi connectivity index (χ2v) is 3.79. The molecular formula is C11H17N3O. The van der Waals surface area contributed by atoms with Gasteiger partial charge in [0.25, 0.3) is 0 Å². The molecule has 2 rings (SSSR count). The molecule has 0 unspecified atom stereocenters. The average molecular weight is 207 g/mol. The highest BCUT2D eigenvalue weighted by molar-refractivity contribution is 5.17. The molecule has 0 spiro atoms. The van der Waals surface area contributed by atoms with E-state index in [4.69, 9.17) is 10.5 Å². The lowest BCUT2D eigenvalue weighted by Gasteiger charge is -2.26. The number of morpholine rings is 1. The molecule has 0 atom stereocenters. The smallest absolute Gasteiger partial charge is 0.0594 e. The van der Waals surface area contributed by atoms with Crippen LogP contribution in [0, 0.1) is 0 Å². The molecule has 0 saturated carbocycles. The van der Waals surface area contributed by atoms with Crippen molar-refractivity contribution in [3.63, 3.8) is 0 Å². The van der Waals surface area contributed by atoms with Gasteiger partial charge >= 0.3 is 0 Å². The van der Waals surface area contributed by atoms with E-state index in [2.05, 4.69) is 16.0 Å². The third-order valence-electron chi connectivity index (χ3n) is 2.60. The lowest BCUT2D eigenvalue weighted by Crippen LogP contribution is -2.35. The van der Waals surface area contributed by atoms with E-state index in [1.54, 1.807) is 0 Å². The van der Waals surface area contributed by atoms with Crippen molar-refractivity contribution in [2.24, 2.45) is 5.73 Å². The van der Waals surface area contributed by atoms with Crippen LogP contribution in [-0.4, -0.2) is 36.2 Å². The molecule has 1 saturated heterocycles.